The number of carboxylic acids is 1. The van der Waals surface area contributed by atoms with Crippen LogP contribution >= 0.6 is 0 Å². The van der Waals surface area contributed by atoms with E-state index in [9.17, 15) is 14.0 Å². The van der Waals surface area contributed by atoms with Gasteiger partial charge in [0.05, 0.1) is 11.3 Å². The molecule has 1 aromatic carbocycles. The van der Waals surface area contributed by atoms with Crippen LogP contribution in [0, 0.1) is 5.82 Å². The molecule has 0 atom stereocenters. The van der Waals surface area contributed by atoms with Gasteiger partial charge in [-0.2, -0.15) is 0 Å². The first-order chi connectivity index (χ1) is 9.47. The van der Waals surface area contributed by atoms with Crippen molar-refractivity contribution >= 4 is 17.7 Å². The molecule has 2 N–H and O–H groups in total. The number of nitrogens with zero attached hydrogens (tertiary/aromatic N) is 1. The summed E-state index contributed by atoms with van der Waals surface area (Å²) >= 11 is 0. The number of urea groups is 1. The van der Waals surface area contributed by atoms with Crippen molar-refractivity contribution in [1.29, 1.82) is 0 Å². The van der Waals surface area contributed by atoms with E-state index in [-0.39, 0.29) is 11.3 Å². The number of allylic oxidation sites excluding steroid dienone is 1. The lowest BCUT2D eigenvalue weighted by Gasteiger charge is -2.18. The second kappa shape index (κ2) is 7.28. The standard InChI is InChI=1S/C14H17FN2O3/c1-3-4-5-9-17(2)14(20)16-12-10(13(18)19)7-6-8-11(12)15/h3,6-8H,1,4-5,9H2,2H3,(H,16,20)(H,18,19). The van der Waals surface area contributed by atoms with Crippen LogP contribution in [0.1, 0.15) is 23.2 Å². The Morgan fingerprint density at radius 2 is 2.20 bits per heavy atom. The van der Waals surface area contributed by atoms with Crippen molar-refractivity contribution in [2.24, 2.45) is 0 Å². The van der Waals surface area contributed by atoms with Crippen molar-refractivity contribution in [2.75, 3.05) is 18.9 Å². The summed E-state index contributed by atoms with van der Waals surface area (Å²) in [6, 6.07) is 3.06. The van der Waals surface area contributed by atoms with Crippen LogP contribution in [-0.2, 0) is 0 Å². The van der Waals surface area contributed by atoms with E-state index in [0.717, 1.165) is 18.9 Å². The predicted molar refractivity (Wildman–Crippen MR) is 74.4 cm³/mol. The maximum atomic E-state index is 13.6. The Bertz CT molecular complexity index is 517. The van der Waals surface area contributed by atoms with Crippen LogP contribution in [0.3, 0.4) is 0 Å². The van der Waals surface area contributed by atoms with Gasteiger partial charge in [0.1, 0.15) is 5.82 Å². The number of carbonyl (C=O) groups is 2. The first-order valence-electron chi connectivity index (χ1n) is 6.12. The minimum absolute atomic E-state index is 0.280. The summed E-state index contributed by atoms with van der Waals surface area (Å²) in [5, 5.41) is 11.3. The average Bonchev–Trinajstić information content (AvgIpc) is 2.40. The van der Waals surface area contributed by atoms with Gasteiger partial charge >= 0.3 is 12.0 Å². The van der Waals surface area contributed by atoms with Crippen LogP contribution < -0.4 is 5.32 Å². The number of carbonyl (C=O) groups excluding carboxylic acids is 1. The molecule has 108 valence electrons. The molecule has 0 fully saturated rings. The topological polar surface area (TPSA) is 69.6 Å². The van der Waals surface area contributed by atoms with Gasteiger partial charge in [-0.1, -0.05) is 12.1 Å². The molecule has 6 heteroatoms. The molecule has 0 aliphatic carbocycles. The number of aromatic carboxylic acids is 1. The molecule has 0 radical (unpaired) electrons. The molecular formula is C14H17FN2O3. The zero-order chi connectivity index (χ0) is 15.1. The average molecular weight is 280 g/mol. The Balaban J connectivity index is 2.80. The Hall–Kier alpha value is -2.37. The maximum Gasteiger partial charge on any atom is 0.337 e. The molecular weight excluding hydrogens is 263 g/mol. The molecule has 0 spiro atoms. The fourth-order valence-electron chi connectivity index (χ4n) is 1.61. The van der Waals surface area contributed by atoms with Crippen LogP contribution in [0.2, 0.25) is 0 Å². The summed E-state index contributed by atoms with van der Waals surface area (Å²) in [5.41, 5.74) is -0.599. The molecule has 2 amide bonds. The highest BCUT2D eigenvalue weighted by Gasteiger charge is 2.18. The second-order valence-electron chi connectivity index (χ2n) is 4.25. The van der Waals surface area contributed by atoms with Crippen LogP contribution in [0.25, 0.3) is 0 Å². The van der Waals surface area contributed by atoms with E-state index in [1.807, 2.05) is 0 Å². The number of unbranched alkanes of at least 4 members (excludes halogenated alkanes) is 1. The molecule has 0 aliphatic rings. The van der Waals surface area contributed by atoms with E-state index in [1.165, 1.54) is 17.0 Å². The number of nitrogens with one attached hydrogen (secondary N) is 1. The Labute approximate surface area is 116 Å². The van der Waals surface area contributed by atoms with Gasteiger partial charge in [-0.25, -0.2) is 14.0 Å². The third kappa shape index (κ3) is 4.08. The molecule has 0 unspecified atom stereocenters. The third-order valence-corrected chi connectivity index (χ3v) is 2.72. The molecule has 0 saturated carbocycles. The normalized spacial score (nSPS) is 9.90. The molecule has 0 saturated heterocycles. The van der Waals surface area contributed by atoms with Crippen LogP contribution in [0.4, 0.5) is 14.9 Å². The van der Waals surface area contributed by atoms with Gasteiger partial charge in [-0.3, -0.25) is 0 Å². The highest BCUT2D eigenvalue weighted by molar-refractivity contribution is 6.00. The van der Waals surface area contributed by atoms with Gasteiger partial charge in [0.2, 0.25) is 0 Å². The van der Waals surface area contributed by atoms with Gasteiger partial charge in [0, 0.05) is 13.6 Å². The minimum Gasteiger partial charge on any atom is -0.478 e. The van der Waals surface area contributed by atoms with Crippen molar-refractivity contribution in [3.63, 3.8) is 0 Å². The van der Waals surface area contributed by atoms with Crippen LogP contribution in [-0.4, -0.2) is 35.6 Å². The van der Waals surface area contributed by atoms with Crippen LogP contribution in [0.15, 0.2) is 30.9 Å². The molecule has 0 heterocycles. The maximum absolute atomic E-state index is 13.6. The Kier molecular flexibility index (Phi) is 5.71. The minimum atomic E-state index is -1.30. The van der Waals surface area contributed by atoms with Crippen LogP contribution in [0.5, 0.6) is 0 Å². The summed E-state index contributed by atoms with van der Waals surface area (Å²) in [6.45, 7) is 4.05. The predicted octanol–water partition coefficient (Wildman–Crippen LogP) is 2.95. The van der Waals surface area contributed by atoms with Gasteiger partial charge in [0.15, 0.2) is 0 Å². The van der Waals surface area contributed by atoms with E-state index in [2.05, 4.69) is 11.9 Å². The molecule has 1 aromatic rings. The summed E-state index contributed by atoms with van der Waals surface area (Å²) < 4.78 is 13.6. The van der Waals surface area contributed by atoms with Crippen molar-refractivity contribution < 1.29 is 19.1 Å². The monoisotopic (exact) mass is 280 g/mol. The Morgan fingerprint density at radius 1 is 1.50 bits per heavy atom. The Morgan fingerprint density at radius 3 is 2.80 bits per heavy atom. The van der Waals surface area contributed by atoms with Gasteiger partial charge < -0.3 is 15.3 Å². The highest BCUT2D eigenvalue weighted by Crippen LogP contribution is 2.20. The summed E-state index contributed by atoms with van der Waals surface area (Å²) in [7, 11) is 1.56. The molecule has 0 aliphatic heterocycles. The first-order valence-corrected chi connectivity index (χ1v) is 6.12. The number of hydrogen-bond acceptors (Lipinski definition) is 2. The quantitative estimate of drug-likeness (QED) is 0.621. The summed E-state index contributed by atoms with van der Waals surface area (Å²) in [5.74, 6) is -2.08. The highest BCUT2D eigenvalue weighted by atomic mass is 19.1. The number of halogens is 1. The SMILES string of the molecule is C=CCCCN(C)C(=O)Nc1c(F)cccc1C(=O)O. The van der Waals surface area contributed by atoms with Crippen molar-refractivity contribution in [3.8, 4) is 0 Å². The number of hydrogen-bond donors (Lipinski definition) is 2. The van der Waals surface area contributed by atoms with Crippen molar-refractivity contribution in [3.05, 3.63) is 42.2 Å². The largest absolute Gasteiger partial charge is 0.478 e. The van der Waals surface area contributed by atoms with Gasteiger partial charge in [-0.05, 0) is 25.0 Å². The number of para-hydroxylation sites is 1. The second-order valence-corrected chi connectivity index (χ2v) is 4.25. The first kappa shape index (κ1) is 15.7. The number of carboxylic acid groups (broad SMARTS) is 1. The van der Waals surface area contributed by atoms with E-state index < -0.39 is 17.8 Å². The lowest BCUT2D eigenvalue weighted by atomic mass is 10.1. The lowest BCUT2D eigenvalue weighted by molar-refractivity contribution is 0.0697. The van der Waals surface area contributed by atoms with E-state index in [1.54, 1.807) is 13.1 Å². The van der Waals surface area contributed by atoms with E-state index in [4.69, 9.17) is 5.11 Å². The van der Waals surface area contributed by atoms with Gasteiger partial charge in [-0.15, -0.1) is 6.58 Å². The molecule has 20 heavy (non-hydrogen) atoms. The summed E-state index contributed by atoms with van der Waals surface area (Å²) in [4.78, 5) is 24.2. The fourth-order valence-corrected chi connectivity index (χ4v) is 1.61. The smallest absolute Gasteiger partial charge is 0.337 e. The van der Waals surface area contributed by atoms with Crippen molar-refractivity contribution in [2.45, 2.75) is 12.8 Å². The van der Waals surface area contributed by atoms with E-state index >= 15 is 0 Å². The van der Waals surface area contributed by atoms with E-state index in [0.29, 0.717) is 6.54 Å². The molecule has 0 bridgehead atoms. The molecule has 5 nitrogen and oxygen atoms in total. The fraction of sp³-hybridized carbons (Fsp3) is 0.286. The zero-order valence-corrected chi connectivity index (χ0v) is 11.2. The zero-order valence-electron chi connectivity index (χ0n) is 11.2. The van der Waals surface area contributed by atoms with Crippen molar-refractivity contribution in [1.82, 2.24) is 4.90 Å². The number of anilines is 1. The van der Waals surface area contributed by atoms with Gasteiger partial charge in [0.25, 0.3) is 0 Å². The number of amides is 2. The lowest BCUT2D eigenvalue weighted by Crippen LogP contribution is -2.33. The molecule has 1 rings (SSSR count). The third-order valence-electron chi connectivity index (χ3n) is 2.72. The number of rotatable bonds is 6. The number of benzene rings is 1. The summed E-state index contributed by atoms with van der Waals surface area (Å²) in [6.07, 6.45) is 3.24. The molecule has 0 aromatic heterocycles.